The van der Waals surface area contributed by atoms with Gasteiger partial charge in [-0.15, -0.1) is 0 Å². The Morgan fingerprint density at radius 2 is 1.61 bits per heavy atom. The van der Waals surface area contributed by atoms with Crippen molar-refractivity contribution >= 4 is 26.2 Å². The largest absolute Gasteiger partial charge is 0.353 e. The molecule has 28 heavy (non-hydrogen) atoms. The number of nitrogens with zero attached hydrogens (tertiary/aromatic N) is 3. The summed E-state index contributed by atoms with van der Waals surface area (Å²) in [4.78, 5) is 12.7. The number of rotatable bonds is 10. The predicted molar refractivity (Wildman–Crippen MR) is 102 cm³/mol. The van der Waals surface area contributed by atoms with Gasteiger partial charge in [-0.2, -0.15) is 26.8 Å². The van der Waals surface area contributed by atoms with Crippen LogP contribution in [0.4, 0.5) is 5.95 Å². The van der Waals surface area contributed by atoms with E-state index >= 15 is 0 Å². The van der Waals surface area contributed by atoms with Crippen LogP contribution in [0.15, 0.2) is 29.2 Å². The smallest absolute Gasteiger partial charge is 0.294 e. The Morgan fingerprint density at radius 3 is 2.18 bits per heavy atom. The average Bonchev–Trinajstić information content (AvgIpc) is 2.58. The molecule has 154 valence electrons. The van der Waals surface area contributed by atoms with E-state index in [-0.39, 0.29) is 17.4 Å². The van der Waals surface area contributed by atoms with Crippen molar-refractivity contribution in [3.05, 3.63) is 41.5 Å². The third kappa shape index (κ3) is 7.46. The Bertz CT molecular complexity index is 1010. The second-order valence-electron chi connectivity index (χ2n) is 6.10. The molecule has 0 saturated carbocycles. The van der Waals surface area contributed by atoms with Gasteiger partial charge in [0.25, 0.3) is 20.2 Å². The molecule has 0 bridgehead atoms. The van der Waals surface area contributed by atoms with Crippen molar-refractivity contribution in [3.63, 3.8) is 0 Å². The van der Waals surface area contributed by atoms with E-state index in [0.717, 1.165) is 18.4 Å². The van der Waals surface area contributed by atoms with Gasteiger partial charge in [-0.05, 0) is 24.1 Å². The van der Waals surface area contributed by atoms with Crippen LogP contribution < -0.4 is 5.32 Å². The van der Waals surface area contributed by atoms with Crippen LogP contribution >= 0.6 is 0 Å². The summed E-state index contributed by atoms with van der Waals surface area (Å²) in [5.74, 6) is 0.704. The van der Waals surface area contributed by atoms with Gasteiger partial charge >= 0.3 is 0 Å². The second kappa shape index (κ2) is 9.37. The zero-order valence-electron chi connectivity index (χ0n) is 15.2. The van der Waals surface area contributed by atoms with Gasteiger partial charge in [0.05, 0.1) is 10.6 Å². The average molecular weight is 431 g/mol. The summed E-state index contributed by atoms with van der Waals surface area (Å²) in [6.45, 7) is 1.97. The van der Waals surface area contributed by atoms with Gasteiger partial charge in [0.15, 0.2) is 0 Å². The first-order chi connectivity index (χ1) is 13.1. The second-order valence-corrected chi connectivity index (χ2v) is 9.10. The molecule has 0 aliphatic rings. The van der Waals surface area contributed by atoms with Crippen molar-refractivity contribution in [2.75, 3.05) is 17.6 Å². The Hall–Kier alpha value is -2.15. The van der Waals surface area contributed by atoms with Crippen molar-refractivity contribution < 1.29 is 25.9 Å². The summed E-state index contributed by atoms with van der Waals surface area (Å²) in [5.41, 5.74) is 0.726. The van der Waals surface area contributed by atoms with E-state index < -0.39 is 26.0 Å². The minimum Gasteiger partial charge on any atom is -0.353 e. The number of hydrogen-bond donors (Lipinski definition) is 3. The normalized spacial score (nSPS) is 12.1. The Labute approximate surface area is 164 Å². The molecule has 0 spiro atoms. The molecule has 2 aromatic rings. The lowest BCUT2D eigenvalue weighted by molar-refractivity contribution is 0.481. The summed E-state index contributed by atoms with van der Waals surface area (Å²) in [6.07, 6.45) is 2.74. The maximum absolute atomic E-state index is 11.1. The fourth-order valence-electron chi connectivity index (χ4n) is 2.33. The van der Waals surface area contributed by atoms with E-state index in [9.17, 15) is 16.8 Å². The van der Waals surface area contributed by atoms with Gasteiger partial charge < -0.3 is 5.32 Å². The van der Waals surface area contributed by atoms with Gasteiger partial charge in [-0.25, -0.2) is 4.98 Å². The molecule has 0 saturated heterocycles. The molecule has 10 nitrogen and oxygen atoms in total. The number of anilines is 1. The minimum absolute atomic E-state index is 0.0570. The molecular formula is C16H22N4O6S2. The summed E-state index contributed by atoms with van der Waals surface area (Å²) in [5, 5.41) is 2.76. The van der Waals surface area contributed by atoms with Crippen LogP contribution in [0.3, 0.4) is 0 Å². The van der Waals surface area contributed by atoms with Crippen LogP contribution in [0.5, 0.6) is 0 Å². The maximum atomic E-state index is 11.1. The van der Waals surface area contributed by atoms with E-state index in [4.69, 9.17) is 9.11 Å². The van der Waals surface area contributed by atoms with E-state index in [2.05, 4.69) is 20.3 Å². The summed E-state index contributed by atoms with van der Waals surface area (Å²) < 4.78 is 61.8. The number of aryl methyl sites for hydroxylation is 1. The fourth-order valence-corrected chi connectivity index (χ4v) is 3.17. The molecule has 1 aromatic heterocycles. The monoisotopic (exact) mass is 430 g/mol. The predicted octanol–water partition coefficient (Wildman–Crippen LogP) is 1.35. The number of unbranched alkanes of at least 4 members (excludes halogenated alkanes) is 1. The molecule has 0 unspecified atom stereocenters. The number of aromatic nitrogens is 3. The standard InChI is InChI=1S/C16H22N4O6S2/c1-2-3-4-14-18-15(20-16(19-14)17-9-10-27(21,22)23)11-12-5-7-13(8-6-12)28(24,25)26/h5-8H,2-4,9-11H2,1H3,(H,21,22,23)(H,24,25,26)(H,17,18,19,20). The van der Waals surface area contributed by atoms with E-state index in [0.29, 0.717) is 24.5 Å². The first-order valence-corrected chi connectivity index (χ1v) is 11.6. The van der Waals surface area contributed by atoms with E-state index in [1.807, 2.05) is 6.92 Å². The number of nitrogens with one attached hydrogen (secondary N) is 1. The van der Waals surface area contributed by atoms with Crippen molar-refractivity contribution in [2.24, 2.45) is 0 Å². The molecule has 0 aliphatic carbocycles. The topological polar surface area (TPSA) is 159 Å². The molecule has 3 N–H and O–H groups in total. The van der Waals surface area contributed by atoms with Crippen LogP contribution in [0.1, 0.15) is 37.0 Å². The highest BCUT2D eigenvalue weighted by molar-refractivity contribution is 7.86. The van der Waals surface area contributed by atoms with Gasteiger partial charge in [0.1, 0.15) is 11.6 Å². The third-order valence-electron chi connectivity index (χ3n) is 3.71. The zero-order chi connectivity index (χ0) is 20.8. The summed E-state index contributed by atoms with van der Waals surface area (Å²) in [7, 11) is -8.36. The van der Waals surface area contributed by atoms with Gasteiger partial charge in [0, 0.05) is 19.4 Å². The first kappa shape index (κ1) is 22.1. The van der Waals surface area contributed by atoms with Gasteiger partial charge in [0.2, 0.25) is 5.95 Å². The van der Waals surface area contributed by atoms with Crippen LogP contribution in [-0.4, -0.2) is 53.2 Å². The van der Waals surface area contributed by atoms with Crippen LogP contribution in [0.25, 0.3) is 0 Å². The highest BCUT2D eigenvalue weighted by Gasteiger charge is 2.11. The fraction of sp³-hybridized carbons (Fsp3) is 0.438. The first-order valence-electron chi connectivity index (χ1n) is 8.56. The zero-order valence-corrected chi connectivity index (χ0v) is 16.9. The lowest BCUT2D eigenvalue weighted by Crippen LogP contribution is -2.17. The summed E-state index contributed by atoms with van der Waals surface area (Å²) >= 11 is 0. The molecule has 0 fully saturated rings. The Kier molecular flexibility index (Phi) is 7.41. The SMILES string of the molecule is CCCCc1nc(Cc2ccc(S(=O)(=O)O)cc2)nc(NCCS(=O)(=O)O)n1. The van der Waals surface area contributed by atoms with E-state index in [1.165, 1.54) is 12.1 Å². The highest BCUT2D eigenvalue weighted by atomic mass is 32.2. The van der Waals surface area contributed by atoms with Gasteiger partial charge in [-0.3, -0.25) is 9.11 Å². The van der Waals surface area contributed by atoms with E-state index in [1.54, 1.807) is 12.1 Å². The van der Waals surface area contributed by atoms with Crippen molar-refractivity contribution in [3.8, 4) is 0 Å². The number of benzene rings is 1. The van der Waals surface area contributed by atoms with Gasteiger partial charge in [-0.1, -0.05) is 25.5 Å². The molecule has 1 heterocycles. The molecule has 0 radical (unpaired) electrons. The quantitative estimate of drug-likeness (QED) is 0.469. The van der Waals surface area contributed by atoms with Crippen LogP contribution in [-0.2, 0) is 33.1 Å². The molecule has 0 amide bonds. The highest BCUT2D eigenvalue weighted by Crippen LogP contribution is 2.14. The van der Waals surface area contributed by atoms with Crippen molar-refractivity contribution in [1.82, 2.24) is 15.0 Å². The third-order valence-corrected chi connectivity index (χ3v) is 5.30. The molecule has 1 aromatic carbocycles. The number of hydrogen-bond acceptors (Lipinski definition) is 8. The Balaban J connectivity index is 2.20. The molecular weight excluding hydrogens is 408 g/mol. The minimum atomic E-state index is -4.26. The summed E-state index contributed by atoms with van der Waals surface area (Å²) in [6, 6.07) is 5.67. The van der Waals surface area contributed by atoms with Crippen molar-refractivity contribution in [1.29, 1.82) is 0 Å². The lowest BCUT2D eigenvalue weighted by atomic mass is 10.1. The lowest BCUT2D eigenvalue weighted by Gasteiger charge is -2.09. The van der Waals surface area contributed by atoms with Crippen LogP contribution in [0, 0.1) is 0 Å². The van der Waals surface area contributed by atoms with Crippen LogP contribution in [0.2, 0.25) is 0 Å². The molecule has 12 heteroatoms. The molecule has 0 atom stereocenters. The Morgan fingerprint density at radius 1 is 0.964 bits per heavy atom. The maximum Gasteiger partial charge on any atom is 0.294 e. The molecule has 0 aliphatic heterocycles. The molecule has 2 rings (SSSR count). The van der Waals surface area contributed by atoms with Crippen molar-refractivity contribution in [2.45, 2.75) is 37.5 Å².